The fraction of sp³-hybridized carbons (Fsp3) is 0.0476. The number of hydrogen-bond donors (Lipinski definition) is 2. The number of para-hydroxylation sites is 1. The normalized spacial score (nSPS) is 10.1. The van der Waals surface area contributed by atoms with Gasteiger partial charge in [0.05, 0.1) is 6.42 Å². The number of halogens is 1. The zero-order valence-corrected chi connectivity index (χ0v) is 14.3. The SMILES string of the molecule is O=C(Cc1ccc(F)cc1)NNC(=O)c1cccc(Oc2ccccc2)c1. The van der Waals surface area contributed by atoms with Crippen LogP contribution in [-0.4, -0.2) is 11.8 Å². The van der Waals surface area contributed by atoms with E-state index < -0.39 is 11.8 Å². The minimum absolute atomic E-state index is 0.0255. The second-order valence-corrected chi connectivity index (χ2v) is 5.75. The minimum atomic E-state index is -0.471. The van der Waals surface area contributed by atoms with Crippen molar-refractivity contribution in [2.45, 2.75) is 6.42 Å². The summed E-state index contributed by atoms with van der Waals surface area (Å²) in [6.45, 7) is 0. The fourth-order valence-corrected chi connectivity index (χ4v) is 2.36. The van der Waals surface area contributed by atoms with E-state index in [9.17, 15) is 14.0 Å². The third-order valence-electron chi connectivity index (χ3n) is 3.67. The summed E-state index contributed by atoms with van der Waals surface area (Å²) in [5, 5.41) is 0. The molecule has 0 bridgehead atoms. The third-order valence-corrected chi connectivity index (χ3v) is 3.67. The van der Waals surface area contributed by atoms with Crippen molar-refractivity contribution in [2.24, 2.45) is 0 Å². The van der Waals surface area contributed by atoms with E-state index in [0.717, 1.165) is 0 Å². The standard InChI is InChI=1S/C21H17FN2O3/c22-17-11-9-15(10-12-17)13-20(25)23-24-21(26)16-5-4-8-19(14-16)27-18-6-2-1-3-7-18/h1-12,14H,13H2,(H,23,25)(H,24,26). The number of hydrazine groups is 1. The second-order valence-electron chi connectivity index (χ2n) is 5.75. The van der Waals surface area contributed by atoms with Crippen molar-refractivity contribution in [1.29, 1.82) is 0 Å². The van der Waals surface area contributed by atoms with Crippen LogP contribution in [0.1, 0.15) is 15.9 Å². The molecule has 0 atom stereocenters. The van der Waals surface area contributed by atoms with E-state index in [1.54, 1.807) is 24.3 Å². The lowest BCUT2D eigenvalue weighted by atomic mass is 10.1. The molecule has 0 saturated heterocycles. The molecule has 0 aliphatic rings. The van der Waals surface area contributed by atoms with E-state index in [-0.39, 0.29) is 12.2 Å². The Labute approximate surface area is 155 Å². The summed E-state index contributed by atoms with van der Waals surface area (Å²) < 4.78 is 18.6. The molecule has 3 rings (SSSR count). The first-order valence-corrected chi connectivity index (χ1v) is 8.27. The Bertz CT molecular complexity index is 928. The van der Waals surface area contributed by atoms with Gasteiger partial charge in [0.15, 0.2) is 0 Å². The van der Waals surface area contributed by atoms with Crippen LogP contribution in [-0.2, 0) is 11.2 Å². The number of carbonyl (C=O) groups excluding carboxylic acids is 2. The number of benzene rings is 3. The Morgan fingerprint density at radius 2 is 1.52 bits per heavy atom. The van der Waals surface area contributed by atoms with Crippen LogP contribution >= 0.6 is 0 Å². The minimum Gasteiger partial charge on any atom is -0.457 e. The zero-order valence-electron chi connectivity index (χ0n) is 14.3. The van der Waals surface area contributed by atoms with E-state index in [2.05, 4.69) is 10.9 Å². The average Bonchev–Trinajstić information content (AvgIpc) is 2.69. The highest BCUT2D eigenvalue weighted by atomic mass is 19.1. The second kappa shape index (κ2) is 8.62. The number of rotatable bonds is 5. The Kier molecular flexibility index (Phi) is 5.79. The summed E-state index contributed by atoms with van der Waals surface area (Å²) in [7, 11) is 0. The smallest absolute Gasteiger partial charge is 0.269 e. The highest BCUT2D eigenvalue weighted by Gasteiger charge is 2.09. The summed E-state index contributed by atoms with van der Waals surface area (Å²) in [4.78, 5) is 24.1. The van der Waals surface area contributed by atoms with Crippen LogP contribution in [0.3, 0.4) is 0 Å². The van der Waals surface area contributed by atoms with Gasteiger partial charge in [-0.25, -0.2) is 4.39 Å². The lowest BCUT2D eigenvalue weighted by molar-refractivity contribution is -0.121. The van der Waals surface area contributed by atoms with Gasteiger partial charge in [-0.05, 0) is 48.0 Å². The monoisotopic (exact) mass is 364 g/mol. The van der Waals surface area contributed by atoms with Gasteiger partial charge in [0.25, 0.3) is 5.91 Å². The molecule has 0 aliphatic carbocycles. The number of ether oxygens (including phenoxy) is 1. The first-order chi connectivity index (χ1) is 13.1. The van der Waals surface area contributed by atoms with Gasteiger partial charge in [-0.15, -0.1) is 0 Å². The van der Waals surface area contributed by atoms with Crippen LogP contribution in [0.4, 0.5) is 4.39 Å². The number of carbonyl (C=O) groups is 2. The van der Waals surface area contributed by atoms with Crippen LogP contribution < -0.4 is 15.6 Å². The van der Waals surface area contributed by atoms with E-state index in [0.29, 0.717) is 22.6 Å². The van der Waals surface area contributed by atoms with Gasteiger partial charge in [-0.3, -0.25) is 20.4 Å². The van der Waals surface area contributed by atoms with Crippen molar-refractivity contribution in [3.63, 3.8) is 0 Å². The van der Waals surface area contributed by atoms with Crippen LogP contribution in [0.15, 0.2) is 78.9 Å². The zero-order chi connectivity index (χ0) is 19.1. The molecule has 0 radical (unpaired) electrons. The third kappa shape index (κ3) is 5.40. The summed E-state index contributed by atoms with van der Waals surface area (Å²) in [5.41, 5.74) is 5.67. The molecule has 27 heavy (non-hydrogen) atoms. The molecule has 0 aromatic heterocycles. The molecule has 136 valence electrons. The molecule has 0 fully saturated rings. The quantitative estimate of drug-likeness (QED) is 0.680. The Morgan fingerprint density at radius 1 is 0.815 bits per heavy atom. The molecule has 3 aromatic carbocycles. The van der Waals surface area contributed by atoms with E-state index >= 15 is 0 Å². The van der Waals surface area contributed by atoms with Crippen molar-refractivity contribution in [1.82, 2.24) is 10.9 Å². The van der Waals surface area contributed by atoms with Gasteiger partial charge in [0, 0.05) is 5.56 Å². The van der Waals surface area contributed by atoms with Gasteiger partial charge in [0.1, 0.15) is 17.3 Å². The first-order valence-electron chi connectivity index (χ1n) is 8.27. The largest absolute Gasteiger partial charge is 0.457 e. The first kappa shape index (κ1) is 18.1. The highest BCUT2D eigenvalue weighted by Crippen LogP contribution is 2.21. The molecule has 0 saturated carbocycles. The number of nitrogens with one attached hydrogen (secondary N) is 2. The molecule has 2 amide bonds. The van der Waals surface area contributed by atoms with Gasteiger partial charge < -0.3 is 4.74 Å². The molecule has 0 heterocycles. The molecule has 2 N–H and O–H groups in total. The van der Waals surface area contributed by atoms with Gasteiger partial charge in [-0.2, -0.15) is 0 Å². The lowest BCUT2D eigenvalue weighted by Gasteiger charge is -2.09. The molecule has 0 unspecified atom stereocenters. The Morgan fingerprint density at radius 3 is 2.26 bits per heavy atom. The molecular weight excluding hydrogens is 347 g/mol. The molecule has 6 heteroatoms. The summed E-state index contributed by atoms with van der Waals surface area (Å²) in [5.74, 6) is -0.0909. The maximum absolute atomic E-state index is 12.9. The molecule has 5 nitrogen and oxygen atoms in total. The van der Waals surface area contributed by atoms with Crippen molar-refractivity contribution >= 4 is 11.8 Å². The van der Waals surface area contributed by atoms with Crippen LogP contribution in [0.2, 0.25) is 0 Å². The fourth-order valence-electron chi connectivity index (χ4n) is 2.36. The molecule has 0 spiro atoms. The average molecular weight is 364 g/mol. The van der Waals surface area contributed by atoms with Crippen molar-refractivity contribution < 1.29 is 18.7 Å². The molecular formula is C21H17FN2O3. The summed E-state index contributed by atoms with van der Waals surface area (Å²) in [6, 6.07) is 21.4. The maximum atomic E-state index is 12.9. The lowest BCUT2D eigenvalue weighted by Crippen LogP contribution is -2.42. The van der Waals surface area contributed by atoms with E-state index in [1.807, 2.05) is 30.3 Å². The van der Waals surface area contributed by atoms with Gasteiger partial charge in [0.2, 0.25) is 5.91 Å². The van der Waals surface area contributed by atoms with E-state index in [4.69, 9.17) is 4.74 Å². The number of hydrogen-bond acceptors (Lipinski definition) is 3. The number of amides is 2. The molecule has 0 aliphatic heterocycles. The predicted octanol–water partition coefficient (Wildman–Crippen LogP) is 3.62. The van der Waals surface area contributed by atoms with Crippen LogP contribution in [0.25, 0.3) is 0 Å². The van der Waals surface area contributed by atoms with Gasteiger partial charge >= 0.3 is 0 Å². The Hall–Kier alpha value is -3.67. The Balaban J connectivity index is 1.55. The maximum Gasteiger partial charge on any atom is 0.269 e. The van der Waals surface area contributed by atoms with Crippen molar-refractivity contribution in [3.05, 3.63) is 95.8 Å². The highest BCUT2D eigenvalue weighted by molar-refractivity contribution is 5.95. The van der Waals surface area contributed by atoms with Crippen molar-refractivity contribution in [2.75, 3.05) is 0 Å². The van der Waals surface area contributed by atoms with E-state index in [1.165, 1.54) is 24.3 Å². The topological polar surface area (TPSA) is 67.4 Å². The molecule has 3 aromatic rings. The predicted molar refractivity (Wildman–Crippen MR) is 98.7 cm³/mol. The van der Waals surface area contributed by atoms with Crippen LogP contribution in [0, 0.1) is 5.82 Å². The van der Waals surface area contributed by atoms with Crippen LogP contribution in [0.5, 0.6) is 11.5 Å². The van der Waals surface area contributed by atoms with Gasteiger partial charge in [-0.1, -0.05) is 36.4 Å². The van der Waals surface area contributed by atoms with Crippen molar-refractivity contribution in [3.8, 4) is 11.5 Å². The summed E-state index contributed by atoms with van der Waals surface area (Å²) in [6.07, 6.45) is 0.0255. The summed E-state index contributed by atoms with van der Waals surface area (Å²) >= 11 is 0.